The van der Waals surface area contributed by atoms with Gasteiger partial charge < -0.3 is 19.7 Å². The fourth-order valence-corrected chi connectivity index (χ4v) is 1.15. The van der Waals surface area contributed by atoms with E-state index in [0.717, 1.165) is 12.7 Å². The Morgan fingerprint density at radius 3 is 2.27 bits per heavy atom. The molecule has 0 aromatic carbocycles. The third-order valence-corrected chi connectivity index (χ3v) is 2.88. The van der Waals surface area contributed by atoms with Crippen LogP contribution in [-0.2, 0) is 9.53 Å². The Morgan fingerprint density at radius 1 is 1.33 bits per heavy atom. The molecule has 90 valence electrons. The minimum Gasteiger partial charge on any atom is -0.396 e. The van der Waals surface area contributed by atoms with E-state index in [2.05, 4.69) is 0 Å². The normalized spacial score (nSPS) is 13.9. The van der Waals surface area contributed by atoms with Gasteiger partial charge >= 0.3 is 0 Å². The van der Waals surface area contributed by atoms with Crippen LogP contribution in [0.2, 0.25) is 0 Å². The molecule has 0 aliphatic rings. The van der Waals surface area contributed by atoms with Crippen molar-refractivity contribution in [3.8, 4) is 0 Å². The third-order valence-electron chi connectivity index (χ3n) is 2.88. The average Bonchev–Trinajstić information content (AvgIpc) is 2.31. The first kappa shape index (κ1) is 14.6. The van der Waals surface area contributed by atoms with Crippen LogP contribution in [0.3, 0.4) is 0 Å². The molecule has 0 fully saturated rings. The SMILES string of the molecule is CCC(C=O)COCC(CC)(CO)CO. The van der Waals surface area contributed by atoms with Gasteiger partial charge in [0.15, 0.2) is 0 Å². The van der Waals surface area contributed by atoms with Crippen molar-refractivity contribution in [3.05, 3.63) is 0 Å². The van der Waals surface area contributed by atoms with Crippen molar-refractivity contribution < 1.29 is 19.7 Å². The lowest BCUT2D eigenvalue weighted by Gasteiger charge is -2.28. The van der Waals surface area contributed by atoms with Gasteiger partial charge in [0, 0.05) is 11.3 Å². The Morgan fingerprint density at radius 2 is 1.93 bits per heavy atom. The first-order chi connectivity index (χ1) is 7.17. The Labute approximate surface area is 91.3 Å². The maximum absolute atomic E-state index is 10.5. The summed E-state index contributed by atoms with van der Waals surface area (Å²) in [5, 5.41) is 18.3. The van der Waals surface area contributed by atoms with E-state index < -0.39 is 5.41 Å². The molecular weight excluding hydrogens is 196 g/mol. The molecule has 0 heterocycles. The fraction of sp³-hybridized carbons (Fsp3) is 0.909. The Hall–Kier alpha value is -0.450. The van der Waals surface area contributed by atoms with Gasteiger partial charge in [-0.15, -0.1) is 0 Å². The van der Waals surface area contributed by atoms with Crippen LogP contribution in [-0.4, -0.2) is 42.9 Å². The number of rotatable bonds is 9. The molecule has 0 aliphatic heterocycles. The molecule has 0 saturated heterocycles. The Bertz CT molecular complexity index is 158. The van der Waals surface area contributed by atoms with E-state index in [1.807, 2.05) is 13.8 Å². The molecule has 15 heavy (non-hydrogen) atoms. The molecule has 0 amide bonds. The third kappa shape index (κ3) is 4.73. The van der Waals surface area contributed by atoms with Crippen molar-refractivity contribution in [1.29, 1.82) is 0 Å². The molecule has 0 spiro atoms. The van der Waals surface area contributed by atoms with Gasteiger partial charge in [0.2, 0.25) is 0 Å². The molecular formula is C11H22O4. The van der Waals surface area contributed by atoms with Crippen LogP contribution in [0.1, 0.15) is 26.7 Å². The number of aliphatic hydroxyl groups excluding tert-OH is 2. The van der Waals surface area contributed by atoms with Gasteiger partial charge in [-0.1, -0.05) is 13.8 Å². The van der Waals surface area contributed by atoms with Gasteiger partial charge in [0.25, 0.3) is 0 Å². The van der Waals surface area contributed by atoms with Crippen molar-refractivity contribution >= 4 is 6.29 Å². The second-order valence-electron chi connectivity index (χ2n) is 3.99. The van der Waals surface area contributed by atoms with Crippen molar-refractivity contribution in [3.63, 3.8) is 0 Å². The number of hydrogen-bond donors (Lipinski definition) is 2. The summed E-state index contributed by atoms with van der Waals surface area (Å²) < 4.78 is 5.36. The number of carbonyl (C=O) groups excluding carboxylic acids is 1. The van der Waals surface area contributed by atoms with E-state index >= 15 is 0 Å². The number of aliphatic hydroxyl groups is 2. The lowest BCUT2D eigenvalue weighted by atomic mass is 9.88. The molecule has 1 unspecified atom stereocenters. The van der Waals surface area contributed by atoms with Crippen LogP contribution < -0.4 is 0 Å². The fourth-order valence-electron chi connectivity index (χ4n) is 1.15. The number of aldehydes is 1. The summed E-state index contributed by atoms with van der Waals surface area (Å²) in [7, 11) is 0. The summed E-state index contributed by atoms with van der Waals surface area (Å²) >= 11 is 0. The minimum absolute atomic E-state index is 0.0862. The first-order valence-corrected chi connectivity index (χ1v) is 5.42. The van der Waals surface area contributed by atoms with Crippen LogP contribution in [0.15, 0.2) is 0 Å². The van der Waals surface area contributed by atoms with Crippen LogP contribution in [0.4, 0.5) is 0 Å². The van der Waals surface area contributed by atoms with Gasteiger partial charge in [-0.25, -0.2) is 0 Å². The predicted molar refractivity (Wildman–Crippen MR) is 57.6 cm³/mol. The van der Waals surface area contributed by atoms with Crippen LogP contribution >= 0.6 is 0 Å². The van der Waals surface area contributed by atoms with E-state index in [1.54, 1.807) is 0 Å². The monoisotopic (exact) mass is 218 g/mol. The van der Waals surface area contributed by atoms with E-state index in [9.17, 15) is 4.79 Å². The van der Waals surface area contributed by atoms with Crippen molar-refractivity contribution in [2.75, 3.05) is 26.4 Å². The summed E-state index contributed by atoms with van der Waals surface area (Å²) in [6.45, 7) is 4.28. The molecule has 0 bridgehead atoms. The zero-order valence-electron chi connectivity index (χ0n) is 9.61. The van der Waals surface area contributed by atoms with E-state index in [-0.39, 0.29) is 19.1 Å². The number of ether oxygens (including phenoxy) is 1. The molecule has 4 heteroatoms. The number of carbonyl (C=O) groups is 1. The zero-order chi connectivity index (χ0) is 11.7. The highest BCUT2D eigenvalue weighted by Crippen LogP contribution is 2.21. The average molecular weight is 218 g/mol. The van der Waals surface area contributed by atoms with Crippen LogP contribution in [0.5, 0.6) is 0 Å². The smallest absolute Gasteiger partial charge is 0.125 e. The number of hydrogen-bond acceptors (Lipinski definition) is 4. The Kier molecular flexibility index (Phi) is 7.56. The minimum atomic E-state index is -0.568. The maximum atomic E-state index is 10.5. The molecule has 2 N–H and O–H groups in total. The molecule has 0 aromatic rings. The molecule has 0 saturated carbocycles. The van der Waals surface area contributed by atoms with Gasteiger partial charge in [-0.3, -0.25) is 0 Å². The maximum Gasteiger partial charge on any atom is 0.125 e. The summed E-state index contributed by atoms with van der Waals surface area (Å²) in [4.78, 5) is 10.5. The highest BCUT2D eigenvalue weighted by molar-refractivity contribution is 5.53. The highest BCUT2D eigenvalue weighted by Gasteiger charge is 2.27. The molecule has 0 radical (unpaired) electrons. The molecule has 0 rings (SSSR count). The topological polar surface area (TPSA) is 66.8 Å². The molecule has 0 aromatic heterocycles. The second kappa shape index (κ2) is 7.79. The molecule has 0 aliphatic carbocycles. The van der Waals surface area contributed by atoms with Gasteiger partial charge in [0.05, 0.1) is 26.4 Å². The van der Waals surface area contributed by atoms with E-state index in [1.165, 1.54) is 0 Å². The van der Waals surface area contributed by atoms with Gasteiger partial charge in [0.1, 0.15) is 6.29 Å². The summed E-state index contributed by atoms with van der Waals surface area (Å²) in [6.07, 6.45) is 2.28. The summed E-state index contributed by atoms with van der Waals surface area (Å²) in [5.74, 6) is -0.0862. The molecule has 4 nitrogen and oxygen atoms in total. The van der Waals surface area contributed by atoms with Crippen LogP contribution in [0, 0.1) is 11.3 Å². The predicted octanol–water partition coefficient (Wildman–Crippen LogP) is 0.609. The highest BCUT2D eigenvalue weighted by atomic mass is 16.5. The standard InChI is InChI=1S/C11H22O4/c1-3-10(5-12)6-15-9-11(4-2,7-13)8-14/h5,10,13-14H,3-4,6-9H2,1-2H3. The lowest BCUT2D eigenvalue weighted by molar-refractivity contribution is -0.114. The summed E-state index contributed by atoms with van der Waals surface area (Å²) in [6, 6.07) is 0. The van der Waals surface area contributed by atoms with Gasteiger partial charge in [-0.05, 0) is 12.8 Å². The first-order valence-electron chi connectivity index (χ1n) is 5.42. The van der Waals surface area contributed by atoms with Crippen molar-refractivity contribution in [2.45, 2.75) is 26.7 Å². The van der Waals surface area contributed by atoms with Crippen molar-refractivity contribution in [2.24, 2.45) is 11.3 Å². The van der Waals surface area contributed by atoms with Gasteiger partial charge in [-0.2, -0.15) is 0 Å². The quantitative estimate of drug-likeness (QED) is 0.556. The zero-order valence-corrected chi connectivity index (χ0v) is 9.61. The Balaban J connectivity index is 3.94. The van der Waals surface area contributed by atoms with E-state index in [0.29, 0.717) is 19.6 Å². The summed E-state index contributed by atoms with van der Waals surface area (Å²) in [5.41, 5.74) is -0.568. The molecule has 1 atom stereocenters. The second-order valence-corrected chi connectivity index (χ2v) is 3.99. The van der Waals surface area contributed by atoms with Crippen molar-refractivity contribution in [1.82, 2.24) is 0 Å². The lowest BCUT2D eigenvalue weighted by Crippen LogP contribution is -2.35. The van der Waals surface area contributed by atoms with E-state index in [4.69, 9.17) is 14.9 Å². The van der Waals surface area contributed by atoms with Crippen LogP contribution in [0.25, 0.3) is 0 Å². The largest absolute Gasteiger partial charge is 0.396 e.